The molecule has 0 aliphatic carbocycles. The zero-order valence-corrected chi connectivity index (χ0v) is 19.3. The van der Waals surface area contributed by atoms with Gasteiger partial charge in [-0.15, -0.1) is 10.2 Å². The van der Waals surface area contributed by atoms with E-state index in [4.69, 9.17) is 4.74 Å². The number of nitrogens with zero attached hydrogens (tertiary/aromatic N) is 5. The van der Waals surface area contributed by atoms with Gasteiger partial charge in [-0.05, 0) is 52.2 Å². The number of aromatic nitrogens is 5. The summed E-state index contributed by atoms with van der Waals surface area (Å²) in [5.74, 6) is 0.799. The number of hydrogen-bond donors (Lipinski definition) is 0. The summed E-state index contributed by atoms with van der Waals surface area (Å²) in [5, 5.41) is 8.12. The SMILES string of the molecule is Cc1cc(-n2cc3c(C(F)(F)F)cc(Br)cn3c2=O)cc(C2(Cc3nncn3C)COC2)c1. The van der Waals surface area contributed by atoms with E-state index in [1.807, 2.05) is 30.7 Å². The number of fused-ring (bicyclic) bond motifs is 1. The van der Waals surface area contributed by atoms with E-state index in [-0.39, 0.29) is 15.4 Å². The highest BCUT2D eigenvalue weighted by molar-refractivity contribution is 9.10. The molecule has 4 aromatic rings. The van der Waals surface area contributed by atoms with Crippen LogP contribution in [0, 0.1) is 6.92 Å². The molecular formula is C22H19BrF3N5O2. The molecule has 11 heteroatoms. The molecule has 5 rings (SSSR count). The van der Waals surface area contributed by atoms with Gasteiger partial charge in [0, 0.05) is 35.7 Å². The van der Waals surface area contributed by atoms with Gasteiger partial charge >= 0.3 is 11.9 Å². The molecule has 0 bridgehead atoms. The third kappa shape index (κ3) is 3.68. The Labute approximate surface area is 194 Å². The Morgan fingerprint density at radius 3 is 2.55 bits per heavy atom. The standard InChI is InChI=1S/C22H19BrF3N5O2/c1-13-3-14(21(10-33-11-21)7-19-28-27-12-29(19)2)5-16(4-13)30-9-18-17(22(24,25)26)6-15(23)8-31(18)20(30)32/h3-6,8-9,12H,7,10-11H2,1-2H3. The minimum Gasteiger partial charge on any atom is -0.379 e. The second-order valence-electron chi connectivity index (χ2n) is 8.47. The second kappa shape index (κ2) is 7.56. The normalized spacial score (nSPS) is 15.7. The van der Waals surface area contributed by atoms with E-state index in [9.17, 15) is 18.0 Å². The highest BCUT2D eigenvalue weighted by atomic mass is 79.9. The molecule has 0 spiro atoms. The average Bonchev–Trinajstić information content (AvgIpc) is 3.26. The van der Waals surface area contributed by atoms with Crippen LogP contribution >= 0.6 is 15.9 Å². The number of pyridine rings is 1. The first-order chi connectivity index (χ1) is 15.6. The van der Waals surface area contributed by atoms with E-state index < -0.39 is 17.4 Å². The maximum absolute atomic E-state index is 13.6. The Hall–Kier alpha value is -2.92. The lowest BCUT2D eigenvalue weighted by Gasteiger charge is -2.42. The first-order valence-corrected chi connectivity index (χ1v) is 10.9. The van der Waals surface area contributed by atoms with Crippen molar-refractivity contribution in [3.05, 3.63) is 80.5 Å². The van der Waals surface area contributed by atoms with Crippen molar-refractivity contribution in [3.63, 3.8) is 0 Å². The van der Waals surface area contributed by atoms with E-state index in [2.05, 4.69) is 26.1 Å². The van der Waals surface area contributed by atoms with E-state index in [1.54, 1.807) is 12.4 Å². The van der Waals surface area contributed by atoms with Crippen LogP contribution in [-0.2, 0) is 29.8 Å². The van der Waals surface area contributed by atoms with Crippen molar-refractivity contribution in [2.45, 2.75) is 24.9 Å². The largest absolute Gasteiger partial charge is 0.418 e. The molecule has 4 heterocycles. The fourth-order valence-corrected chi connectivity index (χ4v) is 4.70. The van der Waals surface area contributed by atoms with Gasteiger partial charge in [0.05, 0.1) is 30.0 Å². The van der Waals surface area contributed by atoms with E-state index in [0.717, 1.165) is 27.4 Å². The molecule has 0 radical (unpaired) electrons. The number of halogens is 4. The summed E-state index contributed by atoms with van der Waals surface area (Å²) >= 11 is 3.08. The zero-order chi connectivity index (χ0) is 23.5. The highest BCUT2D eigenvalue weighted by Gasteiger charge is 2.42. The first kappa shape index (κ1) is 21.9. The van der Waals surface area contributed by atoms with Crippen molar-refractivity contribution >= 4 is 21.4 Å². The maximum Gasteiger partial charge on any atom is 0.418 e. The van der Waals surface area contributed by atoms with Crippen LogP contribution < -0.4 is 5.69 Å². The van der Waals surface area contributed by atoms with Crippen molar-refractivity contribution in [2.75, 3.05) is 13.2 Å². The van der Waals surface area contributed by atoms with Gasteiger partial charge in [-0.2, -0.15) is 13.2 Å². The lowest BCUT2D eigenvalue weighted by Crippen LogP contribution is -2.49. The summed E-state index contributed by atoms with van der Waals surface area (Å²) in [6.45, 7) is 2.84. The molecule has 3 aromatic heterocycles. The number of ether oxygens (including phenoxy) is 1. The fraction of sp³-hybridized carbons (Fsp3) is 0.318. The summed E-state index contributed by atoms with van der Waals surface area (Å²) in [7, 11) is 1.87. The van der Waals surface area contributed by atoms with Crippen LogP contribution in [0.2, 0.25) is 0 Å². The van der Waals surface area contributed by atoms with Crippen molar-refractivity contribution in [2.24, 2.45) is 7.05 Å². The zero-order valence-electron chi connectivity index (χ0n) is 17.7. The predicted octanol–water partition coefficient (Wildman–Crippen LogP) is 3.82. The third-order valence-electron chi connectivity index (χ3n) is 6.05. The minimum atomic E-state index is -4.60. The van der Waals surface area contributed by atoms with Gasteiger partial charge in [-0.3, -0.25) is 8.97 Å². The van der Waals surface area contributed by atoms with E-state index in [0.29, 0.717) is 25.3 Å². The molecule has 0 unspecified atom stereocenters. The van der Waals surface area contributed by atoms with E-state index in [1.165, 1.54) is 17.0 Å². The number of alkyl halides is 3. The third-order valence-corrected chi connectivity index (χ3v) is 6.48. The lowest BCUT2D eigenvalue weighted by atomic mass is 9.75. The van der Waals surface area contributed by atoms with Gasteiger partial charge in [0.25, 0.3) is 0 Å². The number of rotatable bonds is 4. The summed E-state index contributed by atoms with van der Waals surface area (Å²) in [6, 6.07) is 6.61. The molecular weight excluding hydrogens is 503 g/mol. The summed E-state index contributed by atoms with van der Waals surface area (Å²) < 4.78 is 50.7. The van der Waals surface area contributed by atoms with Crippen LogP contribution in [0.5, 0.6) is 0 Å². The van der Waals surface area contributed by atoms with Crippen LogP contribution in [0.4, 0.5) is 13.2 Å². The molecule has 1 aliphatic heterocycles. The van der Waals surface area contributed by atoms with Crippen LogP contribution in [0.25, 0.3) is 11.2 Å². The molecule has 33 heavy (non-hydrogen) atoms. The lowest BCUT2D eigenvalue weighted by molar-refractivity contribution is -0.136. The van der Waals surface area contributed by atoms with Gasteiger partial charge in [-0.1, -0.05) is 6.07 Å². The molecule has 172 valence electrons. The topological polar surface area (TPSA) is 66.3 Å². The Bertz CT molecular complexity index is 1430. The van der Waals surface area contributed by atoms with Gasteiger partial charge in [-0.25, -0.2) is 4.79 Å². The molecule has 0 atom stereocenters. The van der Waals surface area contributed by atoms with Crippen molar-refractivity contribution < 1.29 is 17.9 Å². The predicted molar refractivity (Wildman–Crippen MR) is 118 cm³/mol. The summed E-state index contributed by atoms with van der Waals surface area (Å²) in [4.78, 5) is 13.1. The summed E-state index contributed by atoms with van der Waals surface area (Å²) in [5.41, 5.74) is 0.279. The Morgan fingerprint density at radius 1 is 1.18 bits per heavy atom. The molecule has 1 aromatic carbocycles. The van der Waals surface area contributed by atoms with E-state index >= 15 is 0 Å². The first-order valence-electron chi connectivity index (χ1n) is 10.1. The second-order valence-corrected chi connectivity index (χ2v) is 9.39. The van der Waals surface area contributed by atoms with Crippen LogP contribution in [-0.4, -0.2) is 36.9 Å². The number of imidazole rings is 1. The minimum absolute atomic E-state index is 0.168. The van der Waals surface area contributed by atoms with Crippen LogP contribution in [0.3, 0.4) is 0 Å². The molecule has 0 saturated carbocycles. The monoisotopic (exact) mass is 521 g/mol. The molecule has 0 N–H and O–H groups in total. The van der Waals surface area contributed by atoms with Crippen LogP contribution in [0.15, 0.2) is 52.3 Å². The van der Waals surface area contributed by atoms with Crippen molar-refractivity contribution in [1.82, 2.24) is 23.7 Å². The molecule has 7 nitrogen and oxygen atoms in total. The van der Waals surface area contributed by atoms with Crippen molar-refractivity contribution in [1.29, 1.82) is 0 Å². The maximum atomic E-state index is 13.6. The number of aryl methyl sites for hydroxylation is 2. The smallest absolute Gasteiger partial charge is 0.379 e. The number of benzene rings is 1. The van der Waals surface area contributed by atoms with Crippen molar-refractivity contribution in [3.8, 4) is 5.69 Å². The number of hydrogen-bond acceptors (Lipinski definition) is 4. The molecule has 0 amide bonds. The van der Waals surface area contributed by atoms with Gasteiger partial charge < -0.3 is 9.30 Å². The van der Waals surface area contributed by atoms with Gasteiger partial charge in [0.15, 0.2) is 0 Å². The van der Waals surface area contributed by atoms with Crippen LogP contribution in [0.1, 0.15) is 22.5 Å². The Kier molecular flexibility index (Phi) is 5.02. The molecule has 1 fully saturated rings. The molecule has 1 aliphatic rings. The fourth-order valence-electron chi connectivity index (χ4n) is 4.26. The highest BCUT2D eigenvalue weighted by Crippen LogP contribution is 2.38. The van der Waals surface area contributed by atoms with Gasteiger partial charge in [0.2, 0.25) is 0 Å². The quantitative estimate of drug-likeness (QED) is 0.409. The Morgan fingerprint density at radius 2 is 1.94 bits per heavy atom. The summed E-state index contributed by atoms with van der Waals surface area (Å²) in [6.07, 6.45) is 0.199. The Balaban J connectivity index is 1.65. The average molecular weight is 522 g/mol. The van der Waals surface area contributed by atoms with Gasteiger partial charge in [0.1, 0.15) is 12.2 Å². The molecule has 1 saturated heterocycles.